The Kier molecular flexibility index (Phi) is 5.74. The van der Waals surface area contributed by atoms with Gasteiger partial charge in [0.25, 0.3) is 0 Å². The zero-order chi connectivity index (χ0) is 14.5. The molecule has 0 saturated heterocycles. The lowest BCUT2D eigenvalue weighted by Gasteiger charge is -2.28. The maximum absolute atomic E-state index is 11.8. The van der Waals surface area contributed by atoms with E-state index in [-0.39, 0.29) is 23.2 Å². The van der Waals surface area contributed by atoms with E-state index in [1.807, 2.05) is 30.3 Å². The summed E-state index contributed by atoms with van der Waals surface area (Å²) in [5.74, 6) is 0.355. The first kappa shape index (κ1) is 15.9. The topological polar surface area (TPSA) is 26.3 Å². The third-order valence-corrected chi connectivity index (χ3v) is 3.12. The summed E-state index contributed by atoms with van der Waals surface area (Å²) in [5.41, 5.74) is 1.32. The fraction of sp³-hybridized carbons (Fsp3) is 0.588. The second-order valence-electron chi connectivity index (χ2n) is 6.57. The largest absolute Gasteiger partial charge is 0.366 e. The molecule has 19 heavy (non-hydrogen) atoms. The van der Waals surface area contributed by atoms with E-state index in [0.717, 1.165) is 12.0 Å². The number of ether oxygens (including phenoxy) is 1. The molecule has 0 amide bonds. The maximum Gasteiger partial charge on any atom is 0.158 e. The van der Waals surface area contributed by atoms with Crippen molar-refractivity contribution in [1.29, 1.82) is 0 Å². The van der Waals surface area contributed by atoms with Crippen molar-refractivity contribution in [2.24, 2.45) is 11.3 Å². The Bertz CT molecular complexity index is 389. The fourth-order valence-corrected chi connectivity index (χ4v) is 2.52. The Hall–Kier alpha value is -1.15. The monoisotopic (exact) mass is 262 g/mol. The first-order valence-corrected chi connectivity index (χ1v) is 6.95. The normalized spacial score (nSPS) is 15.0. The molecule has 0 saturated carbocycles. The average Bonchev–Trinajstić information content (AvgIpc) is 2.27. The van der Waals surface area contributed by atoms with Crippen LogP contribution >= 0.6 is 0 Å². The molecular weight excluding hydrogens is 236 g/mol. The molecule has 0 unspecified atom stereocenters. The molecular formula is C17H26O2. The SMILES string of the molecule is CC(=O)[C@H](OCc1ccccc1)[C@@H](C)CC(C)(C)C. The Labute approximate surface area is 117 Å². The lowest BCUT2D eigenvalue weighted by atomic mass is 9.82. The highest BCUT2D eigenvalue weighted by molar-refractivity contribution is 5.80. The molecule has 2 heteroatoms. The smallest absolute Gasteiger partial charge is 0.158 e. The van der Waals surface area contributed by atoms with Gasteiger partial charge in [-0.05, 0) is 30.2 Å². The lowest BCUT2D eigenvalue weighted by molar-refractivity contribution is -0.133. The van der Waals surface area contributed by atoms with E-state index in [9.17, 15) is 4.79 Å². The number of rotatable bonds is 6. The minimum atomic E-state index is -0.306. The van der Waals surface area contributed by atoms with Crippen LogP contribution in [0.1, 0.15) is 46.6 Å². The number of Topliss-reactive ketones (excluding diaryl/α,β-unsaturated/α-hetero) is 1. The van der Waals surface area contributed by atoms with Gasteiger partial charge in [-0.1, -0.05) is 58.0 Å². The van der Waals surface area contributed by atoms with Gasteiger partial charge in [0.05, 0.1) is 6.61 Å². The van der Waals surface area contributed by atoms with Crippen LogP contribution in [0.25, 0.3) is 0 Å². The van der Waals surface area contributed by atoms with Crippen LogP contribution in [0, 0.1) is 11.3 Å². The molecule has 0 aliphatic rings. The van der Waals surface area contributed by atoms with Crippen LogP contribution in [-0.4, -0.2) is 11.9 Å². The van der Waals surface area contributed by atoms with E-state index in [0.29, 0.717) is 6.61 Å². The van der Waals surface area contributed by atoms with Gasteiger partial charge in [-0.25, -0.2) is 0 Å². The van der Waals surface area contributed by atoms with Crippen molar-refractivity contribution in [2.45, 2.75) is 53.8 Å². The summed E-state index contributed by atoms with van der Waals surface area (Å²) in [4.78, 5) is 11.8. The third kappa shape index (κ3) is 6.02. The van der Waals surface area contributed by atoms with Gasteiger partial charge in [-0.2, -0.15) is 0 Å². The molecule has 2 nitrogen and oxygen atoms in total. The van der Waals surface area contributed by atoms with Gasteiger partial charge in [0.2, 0.25) is 0 Å². The highest BCUT2D eigenvalue weighted by Gasteiger charge is 2.26. The molecule has 0 heterocycles. The van der Waals surface area contributed by atoms with Crippen molar-refractivity contribution in [2.75, 3.05) is 0 Å². The Morgan fingerprint density at radius 1 is 1.21 bits per heavy atom. The van der Waals surface area contributed by atoms with Gasteiger partial charge in [-0.15, -0.1) is 0 Å². The number of carbonyl (C=O) groups excluding carboxylic acids is 1. The standard InChI is InChI=1S/C17H26O2/c1-13(11-17(3,4)5)16(14(2)18)19-12-15-9-7-6-8-10-15/h6-10,13,16H,11-12H2,1-5H3/t13-,16+/m0/s1. The van der Waals surface area contributed by atoms with Crippen LogP contribution < -0.4 is 0 Å². The molecule has 2 atom stereocenters. The van der Waals surface area contributed by atoms with E-state index in [4.69, 9.17) is 4.74 Å². The maximum atomic E-state index is 11.8. The zero-order valence-corrected chi connectivity index (χ0v) is 12.8. The van der Waals surface area contributed by atoms with E-state index in [1.165, 1.54) is 0 Å². The Balaban J connectivity index is 2.61. The van der Waals surface area contributed by atoms with E-state index >= 15 is 0 Å². The molecule has 0 aliphatic heterocycles. The van der Waals surface area contributed by atoms with Gasteiger partial charge in [0, 0.05) is 0 Å². The molecule has 0 bridgehead atoms. The first-order valence-electron chi connectivity index (χ1n) is 6.95. The van der Waals surface area contributed by atoms with E-state index in [2.05, 4.69) is 27.7 Å². The third-order valence-electron chi connectivity index (χ3n) is 3.12. The van der Waals surface area contributed by atoms with Gasteiger partial charge in [0.15, 0.2) is 5.78 Å². The number of carbonyl (C=O) groups is 1. The number of hydrogen-bond acceptors (Lipinski definition) is 2. The average molecular weight is 262 g/mol. The molecule has 0 spiro atoms. The summed E-state index contributed by atoms with van der Waals surface area (Å²) in [5, 5.41) is 0. The Morgan fingerprint density at radius 3 is 2.26 bits per heavy atom. The summed E-state index contributed by atoms with van der Waals surface area (Å²) in [6, 6.07) is 9.99. The molecule has 0 N–H and O–H groups in total. The molecule has 106 valence electrons. The van der Waals surface area contributed by atoms with Crippen molar-refractivity contribution in [3.05, 3.63) is 35.9 Å². The van der Waals surface area contributed by atoms with Crippen LogP contribution in [0.5, 0.6) is 0 Å². The molecule has 0 aromatic heterocycles. The number of benzene rings is 1. The van der Waals surface area contributed by atoms with Crippen molar-refractivity contribution in [3.8, 4) is 0 Å². The van der Waals surface area contributed by atoms with E-state index in [1.54, 1.807) is 6.92 Å². The van der Waals surface area contributed by atoms with Crippen molar-refractivity contribution >= 4 is 5.78 Å². The van der Waals surface area contributed by atoms with Gasteiger partial charge in [0.1, 0.15) is 6.10 Å². The van der Waals surface area contributed by atoms with Crippen molar-refractivity contribution < 1.29 is 9.53 Å². The molecule has 0 radical (unpaired) electrons. The summed E-state index contributed by atoms with van der Waals surface area (Å²) >= 11 is 0. The van der Waals surface area contributed by atoms with Crippen LogP contribution in [0.2, 0.25) is 0 Å². The molecule has 0 fully saturated rings. The molecule has 1 aromatic rings. The molecule has 1 rings (SSSR count). The number of ketones is 1. The summed E-state index contributed by atoms with van der Waals surface area (Å²) in [6.07, 6.45) is 0.672. The molecule has 0 aliphatic carbocycles. The summed E-state index contributed by atoms with van der Waals surface area (Å²) in [7, 11) is 0. The minimum Gasteiger partial charge on any atom is -0.366 e. The second kappa shape index (κ2) is 6.85. The minimum absolute atomic E-state index is 0.118. The second-order valence-corrected chi connectivity index (χ2v) is 6.57. The number of hydrogen-bond donors (Lipinski definition) is 0. The summed E-state index contributed by atoms with van der Waals surface area (Å²) in [6.45, 7) is 10.8. The van der Waals surface area contributed by atoms with Gasteiger partial charge < -0.3 is 4.74 Å². The van der Waals surface area contributed by atoms with Crippen LogP contribution in [-0.2, 0) is 16.1 Å². The van der Waals surface area contributed by atoms with Crippen molar-refractivity contribution in [1.82, 2.24) is 0 Å². The van der Waals surface area contributed by atoms with Gasteiger partial charge in [-0.3, -0.25) is 4.79 Å². The van der Waals surface area contributed by atoms with Crippen molar-refractivity contribution in [3.63, 3.8) is 0 Å². The highest BCUT2D eigenvalue weighted by Crippen LogP contribution is 2.27. The Morgan fingerprint density at radius 2 is 1.79 bits per heavy atom. The quantitative estimate of drug-likeness (QED) is 0.766. The van der Waals surface area contributed by atoms with Crippen LogP contribution in [0.4, 0.5) is 0 Å². The lowest BCUT2D eigenvalue weighted by Crippen LogP contribution is -2.31. The highest BCUT2D eigenvalue weighted by atomic mass is 16.5. The van der Waals surface area contributed by atoms with E-state index < -0.39 is 0 Å². The summed E-state index contributed by atoms with van der Waals surface area (Å²) < 4.78 is 5.85. The predicted octanol–water partition coefficient (Wildman–Crippen LogP) is 4.23. The molecule has 1 aromatic carbocycles. The van der Waals surface area contributed by atoms with Gasteiger partial charge >= 0.3 is 0 Å². The predicted molar refractivity (Wildman–Crippen MR) is 78.9 cm³/mol. The van der Waals surface area contributed by atoms with Crippen LogP contribution in [0.3, 0.4) is 0 Å². The van der Waals surface area contributed by atoms with Crippen LogP contribution in [0.15, 0.2) is 30.3 Å². The first-order chi connectivity index (χ1) is 8.79. The zero-order valence-electron chi connectivity index (χ0n) is 12.8. The fourth-order valence-electron chi connectivity index (χ4n) is 2.52.